The minimum Gasteiger partial charge on any atom is -0.380 e. The van der Waals surface area contributed by atoms with Crippen molar-refractivity contribution in [1.29, 1.82) is 0 Å². The first-order chi connectivity index (χ1) is 15.4. The molecule has 0 amide bonds. The molecule has 9 nitrogen and oxygen atoms in total. The Balaban J connectivity index is 1.75. The van der Waals surface area contributed by atoms with Crippen molar-refractivity contribution in [3.05, 3.63) is 48.5 Å². The summed E-state index contributed by atoms with van der Waals surface area (Å²) in [6.07, 6.45) is 4.36. The van der Waals surface area contributed by atoms with Gasteiger partial charge < -0.3 is 14.6 Å². The molecule has 0 unspecified atom stereocenters. The molecule has 1 aromatic carbocycles. The van der Waals surface area contributed by atoms with Crippen LogP contribution in [-0.2, 0) is 21.2 Å². The van der Waals surface area contributed by atoms with E-state index >= 15 is 0 Å². The van der Waals surface area contributed by atoms with Crippen molar-refractivity contribution >= 4 is 21.7 Å². The highest BCUT2D eigenvalue weighted by molar-refractivity contribution is 7.89. The second-order valence-electron chi connectivity index (χ2n) is 7.39. The van der Waals surface area contributed by atoms with Crippen LogP contribution in [0.25, 0.3) is 11.4 Å². The molecule has 0 atom stereocenters. The number of imidazole rings is 1. The Hall–Kier alpha value is -2.82. The van der Waals surface area contributed by atoms with Crippen LogP contribution in [0.4, 0.5) is 11.6 Å². The molecule has 0 radical (unpaired) electrons. The summed E-state index contributed by atoms with van der Waals surface area (Å²) < 4.78 is 34.6. The summed E-state index contributed by atoms with van der Waals surface area (Å²) in [5.41, 5.74) is 2.38. The topological polar surface area (TPSA) is 111 Å². The lowest BCUT2D eigenvalue weighted by atomic mass is 10.2. The van der Waals surface area contributed by atoms with Gasteiger partial charge in [0, 0.05) is 37.5 Å². The normalized spacial score (nSPS) is 11.8. The van der Waals surface area contributed by atoms with Gasteiger partial charge in [-0.2, -0.15) is 0 Å². The van der Waals surface area contributed by atoms with E-state index in [2.05, 4.69) is 50.3 Å². The van der Waals surface area contributed by atoms with Gasteiger partial charge in [0.2, 0.25) is 16.0 Å². The minimum absolute atomic E-state index is 0.183. The van der Waals surface area contributed by atoms with E-state index in [9.17, 15) is 8.42 Å². The van der Waals surface area contributed by atoms with E-state index in [1.165, 1.54) is 12.1 Å². The average Bonchev–Trinajstić information content (AvgIpc) is 3.22. The predicted molar refractivity (Wildman–Crippen MR) is 124 cm³/mol. The van der Waals surface area contributed by atoms with Crippen molar-refractivity contribution in [2.45, 2.75) is 45.1 Å². The second-order valence-corrected chi connectivity index (χ2v) is 9.15. The molecule has 0 saturated carbocycles. The quantitative estimate of drug-likeness (QED) is 0.423. The lowest BCUT2D eigenvalue weighted by Gasteiger charge is -2.15. The van der Waals surface area contributed by atoms with Gasteiger partial charge in [-0.1, -0.05) is 6.92 Å². The molecule has 2 N–H and O–H groups in total. The van der Waals surface area contributed by atoms with Gasteiger partial charge in [0.05, 0.1) is 29.1 Å². The van der Waals surface area contributed by atoms with Crippen molar-refractivity contribution in [2.75, 3.05) is 25.1 Å². The molecule has 0 fully saturated rings. The largest absolute Gasteiger partial charge is 0.380 e. The summed E-state index contributed by atoms with van der Waals surface area (Å²) in [6, 6.07) is 8.55. The van der Waals surface area contributed by atoms with Crippen LogP contribution in [0.3, 0.4) is 0 Å². The van der Waals surface area contributed by atoms with Crippen molar-refractivity contribution in [3.8, 4) is 11.4 Å². The van der Waals surface area contributed by atoms with Crippen LogP contribution >= 0.6 is 0 Å². The van der Waals surface area contributed by atoms with Gasteiger partial charge >= 0.3 is 0 Å². The molecule has 172 valence electrons. The van der Waals surface area contributed by atoms with Gasteiger partial charge in [0.25, 0.3) is 0 Å². The van der Waals surface area contributed by atoms with Crippen LogP contribution in [0.15, 0.2) is 47.6 Å². The van der Waals surface area contributed by atoms with Gasteiger partial charge in [0.15, 0.2) is 0 Å². The summed E-state index contributed by atoms with van der Waals surface area (Å²) in [5, 5.41) is 3.13. The number of aromatic nitrogens is 4. The zero-order valence-corrected chi connectivity index (χ0v) is 19.7. The fourth-order valence-electron chi connectivity index (χ4n) is 3.31. The van der Waals surface area contributed by atoms with E-state index in [-0.39, 0.29) is 17.5 Å². The van der Waals surface area contributed by atoms with E-state index in [1.54, 1.807) is 18.3 Å². The molecule has 32 heavy (non-hydrogen) atoms. The third-order valence-electron chi connectivity index (χ3n) is 4.79. The Labute approximate surface area is 189 Å². The third kappa shape index (κ3) is 5.70. The van der Waals surface area contributed by atoms with Crippen LogP contribution < -0.4 is 10.0 Å². The maximum atomic E-state index is 12.4. The van der Waals surface area contributed by atoms with Crippen molar-refractivity contribution in [2.24, 2.45) is 0 Å². The van der Waals surface area contributed by atoms with Crippen molar-refractivity contribution in [3.63, 3.8) is 0 Å². The standard InChI is InChI=1S/C22H30N6O3S/c1-5-21-24-15-20(28(21)16(3)4)19-11-12-23-22(27-19)26-17-7-9-18(10-8-17)32(29,30)25-13-14-31-6-2/h7-12,15-16,25H,5-6,13-14H2,1-4H3,(H,23,26,27). The highest BCUT2D eigenvalue weighted by Crippen LogP contribution is 2.25. The molecule has 0 aliphatic rings. The van der Waals surface area contributed by atoms with Gasteiger partial charge in [-0.25, -0.2) is 28.1 Å². The molecule has 2 heterocycles. The number of rotatable bonds is 11. The summed E-state index contributed by atoms with van der Waals surface area (Å²) in [6.45, 7) is 9.28. The van der Waals surface area contributed by atoms with Crippen LogP contribution in [0.1, 0.15) is 39.6 Å². The number of nitrogens with one attached hydrogen (secondary N) is 2. The number of hydrogen-bond donors (Lipinski definition) is 2. The van der Waals surface area contributed by atoms with E-state index in [1.807, 2.05) is 19.2 Å². The van der Waals surface area contributed by atoms with Crippen LogP contribution in [0.5, 0.6) is 0 Å². The smallest absolute Gasteiger partial charge is 0.240 e. The summed E-state index contributed by atoms with van der Waals surface area (Å²) >= 11 is 0. The summed E-state index contributed by atoms with van der Waals surface area (Å²) in [5.74, 6) is 1.43. The lowest BCUT2D eigenvalue weighted by molar-refractivity contribution is 0.153. The number of nitrogens with zero attached hydrogens (tertiary/aromatic N) is 4. The number of hydrogen-bond acceptors (Lipinski definition) is 7. The molecule has 0 aliphatic carbocycles. The molecule has 0 saturated heterocycles. The first kappa shape index (κ1) is 23.8. The molecular weight excluding hydrogens is 428 g/mol. The van der Waals surface area contributed by atoms with Crippen LogP contribution in [0.2, 0.25) is 0 Å². The maximum absolute atomic E-state index is 12.4. The highest BCUT2D eigenvalue weighted by atomic mass is 32.2. The monoisotopic (exact) mass is 458 g/mol. The molecule has 0 bridgehead atoms. The Morgan fingerprint density at radius 3 is 2.50 bits per heavy atom. The van der Waals surface area contributed by atoms with E-state index in [4.69, 9.17) is 4.74 Å². The number of ether oxygens (including phenoxy) is 1. The van der Waals surface area contributed by atoms with E-state index < -0.39 is 10.0 Å². The molecular formula is C22H30N6O3S. The second kappa shape index (κ2) is 10.7. The highest BCUT2D eigenvalue weighted by Gasteiger charge is 2.16. The molecule has 10 heteroatoms. The molecule has 0 spiro atoms. The fourth-order valence-corrected chi connectivity index (χ4v) is 4.32. The van der Waals surface area contributed by atoms with Gasteiger partial charge in [-0.05, 0) is 51.1 Å². The third-order valence-corrected chi connectivity index (χ3v) is 6.26. The van der Waals surface area contributed by atoms with Crippen LogP contribution in [-0.4, -0.2) is 47.7 Å². The first-order valence-corrected chi connectivity index (χ1v) is 12.2. The summed E-state index contributed by atoms with van der Waals surface area (Å²) in [4.78, 5) is 13.6. The Morgan fingerprint density at radius 1 is 1.09 bits per heavy atom. The number of benzene rings is 1. The van der Waals surface area contributed by atoms with Gasteiger partial charge in [-0.15, -0.1) is 0 Å². The zero-order valence-electron chi connectivity index (χ0n) is 18.9. The fraction of sp³-hybridized carbons (Fsp3) is 0.409. The Bertz CT molecular complexity index is 1130. The molecule has 3 aromatic rings. The minimum atomic E-state index is -3.59. The zero-order chi connectivity index (χ0) is 23.1. The molecule has 2 aromatic heterocycles. The lowest BCUT2D eigenvalue weighted by Crippen LogP contribution is -2.27. The Kier molecular flexibility index (Phi) is 7.94. The van der Waals surface area contributed by atoms with Crippen molar-refractivity contribution < 1.29 is 13.2 Å². The van der Waals surface area contributed by atoms with Crippen molar-refractivity contribution in [1.82, 2.24) is 24.2 Å². The van der Waals surface area contributed by atoms with Gasteiger partial charge in [0.1, 0.15) is 5.82 Å². The first-order valence-electron chi connectivity index (χ1n) is 10.7. The number of anilines is 2. The van der Waals surface area contributed by atoms with E-state index in [0.717, 1.165) is 23.6 Å². The average molecular weight is 459 g/mol. The number of aryl methyl sites for hydroxylation is 1. The molecule has 3 rings (SSSR count). The van der Waals surface area contributed by atoms with E-state index in [0.29, 0.717) is 24.8 Å². The van der Waals surface area contributed by atoms with Gasteiger partial charge in [-0.3, -0.25) is 0 Å². The summed E-state index contributed by atoms with van der Waals surface area (Å²) in [7, 11) is -3.59. The Morgan fingerprint density at radius 2 is 1.84 bits per heavy atom. The predicted octanol–water partition coefficient (Wildman–Crippen LogP) is 3.54. The number of sulfonamides is 1. The SMILES string of the molecule is CCOCCNS(=O)(=O)c1ccc(Nc2nccc(-c3cnc(CC)n3C(C)C)n2)cc1. The molecule has 0 aliphatic heterocycles. The maximum Gasteiger partial charge on any atom is 0.240 e. The van der Waals surface area contributed by atoms with Crippen LogP contribution in [0, 0.1) is 0 Å².